The van der Waals surface area contributed by atoms with Crippen molar-refractivity contribution in [3.05, 3.63) is 47.5 Å². The standard InChI is InChI=1S/C15H18N4O/c1-11(12-6-3-2-4-7-12)15(20)16-10-14-18-17-13-8-5-9-19(13)14/h2-4,6-7,11H,5,8-10H2,1H3,(H,16,20). The van der Waals surface area contributed by atoms with Crippen molar-refractivity contribution in [1.29, 1.82) is 0 Å². The van der Waals surface area contributed by atoms with E-state index in [4.69, 9.17) is 0 Å². The lowest BCUT2D eigenvalue weighted by Crippen LogP contribution is -2.28. The minimum atomic E-state index is -0.155. The van der Waals surface area contributed by atoms with Gasteiger partial charge in [0.05, 0.1) is 12.5 Å². The number of aryl methyl sites for hydroxylation is 1. The first-order valence-corrected chi connectivity index (χ1v) is 6.99. The van der Waals surface area contributed by atoms with Crippen LogP contribution in [0.25, 0.3) is 0 Å². The fraction of sp³-hybridized carbons (Fsp3) is 0.400. The van der Waals surface area contributed by atoms with Gasteiger partial charge in [-0.15, -0.1) is 10.2 Å². The van der Waals surface area contributed by atoms with Crippen molar-refractivity contribution >= 4 is 5.91 Å². The Morgan fingerprint density at radius 2 is 2.15 bits per heavy atom. The molecule has 0 aliphatic carbocycles. The number of rotatable bonds is 4. The second-order valence-electron chi connectivity index (χ2n) is 5.14. The van der Waals surface area contributed by atoms with Gasteiger partial charge in [0.25, 0.3) is 0 Å². The van der Waals surface area contributed by atoms with Crippen LogP contribution in [0.4, 0.5) is 0 Å². The maximum atomic E-state index is 12.2. The van der Waals surface area contributed by atoms with E-state index >= 15 is 0 Å². The van der Waals surface area contributed by atoms with Gasteiger partial charge in [-0.25, -0.2) is 0 Å². The lowest BCUT2D eigenvalue weighted by molar-refractivity contribution is -0.122. The highest BCUT2D eigenvalue weighted by atomic mass is 16.1. The summed E-state index contributed by atoms with van der Waals surface area (Å²) in [6.45, 7) is 3.32. The molecule has 3 rings (SSSR count). The Hall–Kier alpha value is -2.17. The molecule has 1 N–H and O–H groups in total. The van der Waals surface area contributed by atoms with E-state index in [1.54, 1.807) is 0 Å². The van der Waals surface area contributed by atoms with E-state index < -0.39 is 0 Å². The van der Waals surface area contributed by atoms with Crippen LogP contribution in [0.3, 0.4) is 0 Å². The molecule has 2 aromatic rings. The molecule has 20 heavy (non-hydrogen) atoms. The fourth-order valence-corrected chi connectivity index (χ4v) is 2.55. The topological polar surface area (TPSA) is 59.8 Å². The zero-order chi connectivity index (χ0) is 13.9. The van der Waals surface area contributed by atoms with Crippen molar-refractivity contribution in [3.63, 3.8) is 0 Å². The second kappa shape index (κ2) is 5.45. The van der Waals surface area contributed by atoms with Crippen LogP contribution in [0.15, 0.2) is 30.3 Å². The number of benzene rings is 1. The summed E-state index contributed by atoms with van der Waals surface area (Å²) < 4.78 is 2.10. The van der Waals surface area contributed by atoms with E-state index in [0.29, 0.717) is 6.54 Å². The number of nitrogens with one attached hydrogen (secondary N) is 1. The van der Waals surface area contributed by atoms with Crippen LogP contribution in [-0.4, -0.2) is 20.7 Å². The molecule has 0 saturated carbocycles. The normalized spacial score (nSPS) is 14.8. The van der Waals surface area contributed by atoms with E-state index in [1.165, 1.54) is 0 Å². The van der Waals surface area contributed by atoms with Crippen LogP contribution in [0, 0.1) is 0 Å². The molecule has 0 fully saturated rings. The van der Waals surface area contributed by atoms with Crippen LogP contribution in [0.2, 0.25) is 0 Å². The molecule has 1 aliphatic rings. The van der Waals surface area contributed by atoms with Gasteiger partial charge in [0.15, 0.2) is 5.82 Å². The Balaban J connectivity index is 1.62. The Morgan fingerprint density at radius 3 is 2.95 bits per heavy atom. The van der Waals surface area contributed by atoms with Gasteiger partial charge in [0.1, 0.15) is 5.82 Å². The van der Waals surface area contributed by atoms with E-state index in [-0.39, 0.29) is 11.8 Å². The zero-order valence-electron chi connectivity index (χ0n) is 11.5. The number of fused-ring (bicyclic) bond motifs is 1. The van der Waals surface area contributed by atoms with Crippen molar-refractivity contribution in [2.24, 2.45) is 0 Å². The van der Waals surface area contributed by atoms with E-state index in [2.05, 4.69) is 20.1 Å². The average Bonchev–Trinajstić information content (AvgIpc) is 3.08. The molecule has 0 radical (unpaired) electrons. The Kier molecular flexibility index (Phi) is 3.50. The van der Waals surface area contributed by atoms with Gasteiger partial charge in [0.2, 0.25) is 5.91 Å². The van der Waals surface area contributed by atoms with Crippen molar-refractivity contribution < 1.29 is 4.79 Å². The van der Waals surface area contributed by atoms with Crippen molar-refractivity contribution in [2.75, 3.05) is 0 Å². The van der Waals surface area contributed by atoms with Gasteiger partial charge < -0.3 is 9.88 Å². The number of aromatic nitrogens is 3. The molecule has 0 saturated heterocycles. The Bertz CT molecular complexity index is 606. The van der Waals surface area contributed by atoms with Crippen molar-refractivity contribution in [3.8, 4) is 0 Å². The molecule has 1 aromatic carbocycles. The second-order valence-corrected chi connectivity index (χ2v) is 5.14. The molecule has 1 amide bonds. The first kappa shape index (κ1) is 12.8. The average molecular weight is 270 g/mol. The monoisotopic (exact) mass is 270 g/mol. The summed E-state index contributed by atoms with van der Waals surface area (Å²) in [5.41, 5.74) is 1.02. The van der Waals surface area contributed by atoms with Crippen molar-refractivity contribution in [1.82, 2.24) is 20.1 Å². The van der Waals surface area contributed by atoms with Crippen LogP contribution in [-0.2, 0) is 24.3 Å². The minimum Gasteiger partial charge on any atom is -0.348 e. The maximum absolute atomic E-state index is 12.2. The van der Waals surface area contributed by atoms with Gasteiger partial charge in [0, 0.05) is 13.0 Å². The van der Waals surface area contributed by atoms with Crippen LogP contribution < -0.4 is 5.32 Å². The lowest BCUT2D eigenvalue weighted by Gasteiger charge is -2.12. The third-order valence-corrected chi connectivity index (χ3v) is 3.80. The summed E-state index contributed by atoms with van der Waals surface area (Å²) in [6.07, 6.45) is 2.10. The predicted molar refractivity (Wildman–Crippen MR) is 75.0 cm³/mol. The predicted octanol–water partition coefficient (Wildman–Crippen LogP) is 1.64. The molecule has 2 heterocycles. The first-order chi connectivity index (χ1) is 9.75. The quantitative estimate of drug-likeness (QED) is 0.919. The van der Waals surface area contributed by atoms with Crippen LogP contribution >= 0.6 is 0 Å². The summed E-state index contributed by atoms with van der Waals surface area (Å²) >= 11 is 0. The maximum Gasteiger partial charge on any atom is 0.227 e. The molecular weight excluding hydrogens is 252 g/mol. The smallest absolute Gasteiger partial charge is 0.227 e. The molecule has 5 heteroatoms. The highest BCUT2D eigenvalue weighted by molar-refractivity contribution is 5.83. The molecule has 0 bridgehead atoms. The Morgan fingerprint density at radius 1 is 1.35 bits per heavy atom. The molecule has 1 atom stereocenters. The van der Waals surface area contributed by atoms with E-state index in [9.17, 15) is 4.79 Å². The third-order valence-electron chi connectivity index (χ3n) is 3.80. The van der Waals surface area contributed by atoms with Gasteiger partial charge in [-0.3, -0.25) is 4.79 Å². The van der Waals surface area contributed by atoms with Gasteiger partial charge in [-0.1, -0.05) is 30.3 Å². The lowest BCUT2D eigenvalue weighted by atomic mass is 10.0. The summed E-state index contributed by atoms with van der Waals surface area (Å²) in [6, 6.07) is 9.79. The first-order valence-electron chi connectivity index (χ1n) is 6.99. The molecule has 5 nitrogen and oxygen atoms in total. The molecule has 1 aliphatic heterocycles. The van der Waals surface area contributed by atoms with Gasteiger partial charge >= 0.3 is 0 Å². The number of carbonyl (C=O) groups excluding carboxylic acids is 1. The van der Waals surface area contributed by atoms with Gasteiger partial charge in [-0.2, -0.15) is 0 Å². The molecule has 0 spiro atoms. The molecule has 1 unspecified atom stereocenters. The third kappa shape index (κ3) is 2.43. The number of hydrogen-bond acceptors (Lipinski definition) is 3. The Labute approximate surface area is 118 Å². The number of nitrogens with zero attached hydrogens (tertiary/aromatic N) is 3. The van der Waals surface area contributed by atoms with Crippen LogP contribution in [0.5, 0.6) is 0 Å². The zero-order valence-corrected chi connectivity index (χ0v) is 11.5. The molecular formula is C15H18N4O. The number of hydrogen-bond donors (Lipinski definition) is 1. The van der Waals surface area contributed by atoms with Crippen LogP contribution in [0.1, 0.15) is 36.5 Å². The summed E-state index contributed by atoms with van der Waals surface area (Å²) in [7, 11) is 0. The van der Waals surface area contributed by atoms with Gasteiger partial charge in [-0.05, 0) is 18.9 Å². The van der Waals surface area contributed by atoms with Crippen molar-refractivity contribution in [2.45, 2.75) is 38.8 Å². The number of carbonyl (C=O) groups is 1. The largest absolute Gasteiger partial charge is 0.348 e. The fourth-order valence-electron chi connectivity index (χ4n) is 2.55. The summed E-state index contributed by atoms with van der Waals surface area (Å²) in [5, 5.41) is 11.2. The minimum absolute atomic E-state index is 0.0200. The summed E-state index contributed by atoms with van der Waals surface area (Å²) in [5.74, 6) is 1.75. The SMILES string of the molecule is CC(C(=O)NCc1nnc2n1CCC2)c1ccccc1. The highest BCUT2D eigenvalue weighted by Gasteiger charge is 2.19. The highest BCUT2D eigenvalue weighted by Crippen LogP contribution is 2.16. The summed E-state index contributed by atoms with van der Waals surface area (Å²) in [4.78, 5) is 12.2. The molecule has 1 aromatic heterocycles. The van der Waals surface area contributed by atoms with E-state index in [1.807, 2.05) is 37.3 Å². The molecule has 104 valence electrons. The number of amides is 1. The van der Waals surface area contributed by atoms with E-state index in [0.717, 1.165) is 36.6 Å².